The molecule has 0 N–H and O–H groups in total. The van der Waals surface area contributed by atoms with Crippen molar-refractivity contribution in [3.8, 4) is 22.9 Å². The van der Waals surface area contributed by atoms with Crippen LogP contribution in [0.15, 0.2) is 36.4 Å². The predicted octanol–water partition coefficient (Wildman–Crippen LogP) is 4.22. The minimum atomic E-state index is -0.461. The Bertz CT molecular complexity index is 649. The summed E-state index contributed by atoms with van der Waals surface area (Å²) in [5.41, 5.74) is 2.31. The fourth-order valence-corrected chi connectivity index (χ4v) is 1.97. The molecule has 0 spiro atoms. The third-order valence-electron chi connectivity index (χ3n) is 2.80. The first kappa shape index (κ1) is 13.4. The van der Waals surface area contributed by atoms with Crippen LogP contribution in [-0.4, -0.2) is 7.11 Å². The molecule has 2 rings (SSSR count). The number of hydrogen-bond acceptors (Lipinski definition) is 2. The van der Waals surface area contributed by atoms with Gasteiger partial charge in [0.1, 0.15) is 11.6 Å². The van der Waals surface area contributed by atoms with Crippen molar-refractivity contribution >= 4 is 11.6 Å². The molecule has 0 fully saturated rings. The molecule has 0 saturated heterocycles. The molecule has 0 aliphatic carbocycles. The summed E-state index contributed by atoms with van der Waals surface area (Å²) in [4.78, 5) is 0. The van der Waals surface area contributed by atoms with E-state index in [0.29, 0.717) is 11.3 Å². The van der Waals surface area contributed by atoms with E-state index in [1.54, 1.807) is 19.2 Å². The minimum Gasteiger partial charge on any atom is -0.496 e. The van der Waals surface area contributed by atoms with E-state index in [1.807, 2.05) is 12.1 Å². The number of ether oxygens (including phenoxy) is 1. The third kappa shape index (κ3) is 2.86. The molecule has 0 aliphatic rings. The molecular weight excluding hydrogens is 265 g/mol. The van der Waals surface area contributed by atoms with E-state index in [2.05, 4.69) is 6.07 Å². The summed E-state index contributed by atoms with van der Waals surface area (Å²) in [6, 6.07) is 12.1. The maximum Gasteiger partial charge on any atom is 0.142 e. The molecule has 0 heterocycles. The van der Waals surface area contributed by atoms with Crippen LogP contribution in [0.1, 0.15) is 5.56 Å². The Balaban J connectivity index is 2.48. The monoisotopic (exact) mass is 275 g/mol. The van der Waals surface area contributed by atoms with Crippen LogP contribution in [0.5, 0.6) is 5.75 Å². The molecule has 0 radical (unpaired) electrons. The van der Waals surface area contributed by atoms with Crippen LogP contribution in [0.3, 0.4) is 0 Å². The van der Waals surface area contributed by atoms with Crippen molar-refractivity contribution in [3.63, 3.8) is 0 Å². The lowest BCUT2D eigenvalue weighted by Gasteiger charge is -2.09. The molecule has 19 heavy (non-hydrogen) atoms. The van der Waals surface area contributed by atoms with Crippen molar-refractivity contribution in [2.45, 2.75) is 6.42 Å². The average molecular weight is 276 g/mol. The molecular formula is C15H11ClFNO. The number of nitriles is 1. The molecule has 0 unspecified atom stereocenters. The molecule has 0 aliphatic heterocycles. The molecule has 0 saturated carbocycles. The molecule has 0 aromatic heterocycles. The number of methoxy groups -OCH3 is 1. The lowest BCUT2D eigenvalue weighted by Crippen LogP contribution is -1.92. The first-order valence-corrected chi connectivity index (χ1v) is 6.03. The van der Waals surface area contributed by atoms with Gasteiger partial charge in [0.15, 0.2) is 0 Å². The van der Waals surface area contributed by atoms with Crippen molar-refractivity contribution in [2.75, 3.05) is 7.11 Å². The van der Waals surface area contributed by atoms with Crippen LogP contribution in [0.2, 0.25) is 5.02 Å². The Labute approximate surface area is 116 Å². The van der Waals surface area contributed by atoms with Crippen LogP contribution in [-0.2, 0) is 6.42 Å². The van der Waals surface area contributed by atoms with Crippen LogP contribution < -0.4 is 4.74 Å². The van der Waals surface area contributed by atoms with Gasteiger partial charge in [-0.3, -0.25) is 0 Å². The summed E-state index contributed by atoms with van der Waals surface area (Å²) in [6.45, 7) is 0. The number of hydrogen-bond donors (Lipinski definition) is 0. The van der Waals surface area contributed by atoms with Gasteiger partial charge in [-0.25, -0.2) is 4.39 Å². The smallest absolute Gasteiger partial charge is 0.142 e. The third-order valence-corrected chi connectivity index (χ3v) is 3.11. The SMILES string of the molecule is COc1ccc(-c2ccc(Cl)c(F)c2)cc1CC#N. The van der Waals surface area contributed by atoms with E-state index in [4.69, 9.17) is 21.6 Å². The van der Waals surface area contributed by atoms with E-state index in [0.717, 1.165) is 11.1 Å². The Kier molecular flexibility index (Phi) is 4.03. The molecule has 4 heteroatoms. The highest BCUT2D eigenvalue weighted by Gasteiger charge is 2.07. The van der Waals surface area contributed by atoms with Crippen molar-refractivity contribution in [1.29, 1.82) is 5.26 Å². The van der Waals surface area contributed by atoms with E-state index >= 15 is 0 Å². The maximum atomic E-state index is 13.4. The highest BCUT2D eigenvalue weighted by atomic mass is 35.5. The van der Waals surface area contributed by atoms with Gasteiger partial charge < -0.3 is 4.74 Å². The van der Waals surface area contributed by atoms with Crippen LogP contribution in [0.4, 0.5) is 4.39 Å². The average Bonchev–Trinajstić information content (AvgIpc) is 2.42. The highest BCUT2D eigenvalue weighted by Crippen LogP contribution is 2.29. The summed E-state index contributed by atoms with van der Waals surface area (Å²) < 4.78 is 18.6. The van der Waals surface area contributed by atoms with Gasteiger partial charge in [-0.15, -0.1) is 0 Å². The standard InChI is InChI=1S/C15H11ClFNO/c1-19-15-5-3-10(8-12(15)6-7-18)11-2-4-13(16)14(17)9-11/h2-5,8-9H,6H2,1H3. The molecule has 0 bridgehead atoms. The van der Waals surface area contributed by atoms with Crippen molar-refractivity contribution in [3.05, 3.63) is 52.8 Å². The molecule has 2 aromatic carbocycles. The highest BCUT2D eigenvalue weighted by molar-refractivity contribution is 6.30. The number of halogens is 2. The maximum absolute atomic E-state index is 13.4. The Morgan fingerprint density at radius 3 is 2.53 bits per heavy atom. The Morgan fingerprint density at radius 2 is 1.89 bits per heavy atom. The summed E-state index contributed by atoms with van der Waals surface area (Å²) in [5.74, 6) is 0.191. The largest absolute Gasteiger partial charge is 0.496 e. The fraction of sp³-hybridized carbons (Fsp3) is 0.133. The quantitative estimate of drug-likeness (QED) is 0.840. The minimum absolute atomic E-state index is 0.0921. The molecule has 2 nitrogen and oxygen atoms in total. The van der Waals surface area contributed by atoms with Crippen LogP contribution >= 0.6 is 11.6 Å². The van der Waals surface area contributed by atoms with Gasteiger partial charge in [-0.05, 0) is 35.4 Å². The molecule has 96 valence electrons. The second kappa shape index (κ2) is 5.73. The zero-order chi connectivity index (χ0) is 13.8. The lowest BCUT2D eigenvalue weighted by molar-refractivity contribution is 0.411. The first-order chi connectivity index (χ1) is 9.15. The van der Waals surface area contributed by atoms with Gasteiger partial charge in [0.05, 0.1) is 24.6 Å². The summed E-state index contributed by atoms with van der Waals surface area (Å²) in [7, 11) is 1.55. The van der Waals surface area contributed by atoms with Gasteiger partial charge in [0.25, 0.3) is 0 Å². The van der Waals surface area contributed by atoms with Gasteiger partial charge in [0.2, 0.25) is 0 Å². The van der Waals surface area contributed by atoms with Crippen molar-refractivity contribution in [1.82, 2.24) is 0 Å². The first-order valence-electron chi connectivity index (χ1n) is 5.65. The number of rotatable bonds is 3. The molecule has 2 aromatic rings. The second-order valence-electron chi connectivity index (χ2n) is 3.99. The summed E-state index contributed by atoms with van der Waals surface area (Å²) in [6.07, 6.45) is 0.243. The van der Waals surface area contributed by atoms with Crippen molar-refractivity contribution < 1.29 is 9.13 Å². The van der Waals surface area contributed by atoms with E-state index in [9.17, 15) is 4.39 Å². The Morgan fingerprint density at radius 1 is 1.21 bits per heavy atom. The van der Waals surface area contributed by atoms with Crippen LogP contribution in [0, 0.1) is 17.1 Å². The molecule has 0 atom stereocenters. The van der Waals surface area contributed by atoms with E-state index < -0.39 is 5.82 Å². The summed E-state index contributed by atoms with van der Waals surface area (Å²) >= 11 is 5.66. The van der Waals surface area contributed by atoms with Crippen molar-refractivity contribution in [2.24, 2.45) is 0 Å². The lowest BCUT2D eigenvalue weighted by atomic mass is 10.0. The zero-order valence-corrected chi connectivity index (χ0v) is 11.0. The fourth-order valence-electron chi connectivity index (χ4n) is 1.86. The van der Waals surface area contributed by atoms with Gasteiger partial charge in [-0.1, -0.05) is 23.7 Å². The van der Waals surface area contributed by atoms with Gasteiger partial charge >= 0.3 is 0 Å². The van der Waals surface area contributed by atoms with E-state index in [-0.39, 0.29) is 11.4 Å². The topological polar surface area (TPSA) is 33.0 Å². The van der Waals surface area contributed by atoms with E-state index in [1.165, 1.54) is 12.1 Å². The van der Waals surface area contributed by atoms with Gasteiger partial charge in [0, 0.05) is 5.56 Å². The summed E-state index contributed by atoms with van der Waals surface area (Å²) in [5, 5.41) is 8.89. The number of nitrogens with zero attached hydrogens (tertiary/aromatic N) is 1. The Hall–Kier alpha value is -2.05. The second-order valence-corrected chi connectivity index (χ2v) is 4.40. The molecule has 0 amide bonds. The normalized spacial score (nSPS) is 10.0. The van der Waals surface area contributed by atoms with Crippen LogP contribution in [0.25, 0.3) is 11.1 Å². The number of benzene rings is 2. The predicted molar refractivity (Wildman–Crippen MR) is 72.7 cm³/mol. The zero-order valence-electron chi connectivity index (χ0n) is 10.3. The van der Waals surface area contributed by atoms with Gasteiger partial charge in [-0.2, -0.15) is 5.26 Å².